The van der Waals surface area contributed by atoms with Gasteiger partial charge in [0.15, 0.2) is 0 Å². The van der Waals surface area contributed by atoms with Gasteiger partial charge in [-0.05, 0) is 60.2 Å². The Balaban J connectivity index is 1.73. The molecule has 5 rings (SSSR count). The number of benzene rings is 2. The summed E-state index contributed by atoms with van der Waals surface area (Å²) in [5.74, 6) is -1.01. The fraction of sp³-hybridized carbons (Fsp3) is 0.0741. The molecule has 4 nitrogen and oxygen atoms in total. The maximum atomic E-state index is 13.6. The van der Waals surface area contributed by atoms with Crippen LogP contribution in [0.4, 0.5) is 17.6 Å². The number of fused-ring (bicyclic) bond motifs is 1. The maximum Gasteiger partial charge on any atom is 0.416 e. The number of alkyl halides is 3. The number of carbonyl (C=O) groups excluding carboxylic acids is 1. The molecule has 0 saturated heterocycles. The normalized spacial score (nSPS) is 13.7. The Morgan fingerprint density at radius 3 is 2.51 bits per heavy atom. The summed E-state index contributed by atoms with van der Waals surface area (Å²) in [4.78, 5) is 17.6. The van der Waals surface area contributed by atoms with E-state index in [9.17, 15) is 22.4 Å². The fourth-order valence-corrected chi connectivity index (χ4v) is 3.98. The van der Waals surface area contributed by atoms with Crippen molar-refractivity contribution in [3.63, 3.8) is 0 Å². The van der Waals surface area contributed by atoms with Crippen molar-refractivity contribution in [2.75, 3.05) is 6.54 Å². The lowest BCUT2D eigenvalue weighted by molar-refractivity contribution is -0.137. The summed E-state index contributed by atoms with van der Waals surface area (Å²) in [6.07, 6.45) is 2.68. The van der Waals surface area contributed by atoms with Gasteiger partial charge in [-0.15, -0.1) is 0 Å². The van der Waals surface area contributed by atoms with Gasteiger partial charge in [-0.3, -0.25) is 9.79 Å². The van der Waals surface area contributed by atoms with Gasteiger partial charge in [0, 0.05) is 22.9 Å². The highest BCUT2D eigenvalue weighted by Gasteiger charge is 2.31. The minimum atomic E-state index is -4.57. The Labute approximate surface area is 197 Å². The van der Waals surface area contributed by atoms with Gasteiger partial charge in [-0.1, -0.05) is 30.4 Å². The maximum absolute atomic E-state index is 13.6. The van der Waals surface area contributed by atoms with Crippen LogP contribution in [0.1, 0.15) is 27.2 Å². The molecule has 1 aliphatic heterocycles. The van der Waals surface area contributed by atoms with Gasteiger partial charge in [0.25, 0.3) is 0 Å². The van der Waals surface area contributed by atoms with Crippen LogP contribution in [0.25, 0.3) is 22.3 Å². The van der Waals surface area contributed by atoms with E-state index in [0.29, 0.717) is 28.9 Å². The third-order valence-corrected chi connectivity index (χ3v) is 5.62. The predicted molar refractivity (Wildman–Crippen MR) is 126 cm³/mol. The van der Waals surface area contributed by atoms with Crippen LogP contribution < -0.4 is 0 Å². The van der Waals surface area contributed by atoms with Gasteiger partial charge in [0.05, 0.1) is 17.6 Å². The van der Waals surface area contributed by atoms with Gasteiger partial charge in [-0.25, -0.2) is 8.91 Å². The number of halogens is 4. The highest BCUT2D eigenvalue weighted by atomic mass is 19.4. The van der Waals surface area contributed by atoms with E-state index in [0.717, 1.165) is 17.7 Å². The average molecular weight is 475 g/mol. The monoisotopic (exact) mass is 475 g/mol. The Bertz CT molecular complexity index is 1530. The summed E-state index contributed by atoms with van der Waals surface area (Å²) >= 11 is 0. The van der Waals surface area contributed by atoms with Gasteiger partial charge < -0.3 is 0 Å². The molecule has 0 aliphatic carbocycles. The third-order valence-electron chi connectivity index (χ3n) is 5.62. The second-order valence-corrected chi connectivity index (χ2v) is 7.88. The van der Waals surface area contributed by atoms with E-state index in [2.05, 4.69) is 10.1 Å². The first-order valence-electron chi connectivity index (χ1n) is 10.7. The Hall–Kier alpha value is -4.33. The van der Waals surface area contributed by atoms with Gasteiger partial charge in [0.1, 0.15) is 17.2 Å². The SMILES string of the molecule is O=C(c1cccc(C(F)(F)F)c1)c1cccc2c(C3=CC=NCC=C3)c(-c3ccc(F)cc3)nn12. The van der Waals surface area contributed by atoms with Crippen molar-refractivity contribution in [2.24, 2.45) is 4.99 Å². The number of hydrogen-bond acceptors (Lipinski definition) is 3. The van der Waals surface area contributed by atoms with E-state index in [1.54, 1.807) is 30.5 Å². The number of ketones is 1. The summed E-state index contributed by atoms with van der Waals surface area (Å²) in [5, 5.41) is 4.67. The van der Waals surface area contributed by atoms with E-state index in [-0.39, 0.29) is 11.3 Å². The van der Waals surface area contributed by atoms with E-state index in [4.69, 9.17) is 0 Å². The number of rotatable bonds is 4. The molecule has 35 heavy (non-hydrogen) atoms. The zero-order chi connectivity index (χ0) is 24.6. The number of pyridine rings is 1. The predicted octanol–water partition coefficient (Wildman–Crippen LogP) is 6.41. The first-order chi connectivity index (χ1) is 16.8. The fourth-order valence-electron chi connectivity index (χ4n) is 3.98. The van der Waals surface area contributed by atoms with Crippen LogP contribution in [0, 0.1) is 5.82 Å². The Kier molecular flexibility index (Phi) is 5.64. The van der Waals surface area contributed by atoms with Crippen molar-refractivity contribution in [1.82, 2.24) is 9.61 Å². The number of aliphatic imine (C=N–C) groups is 1. The minimum absolute atomic E-state index is 0.100. The Morgan fingerprint density at radius 2 is 1.74 bits per heavy atom. The molecule has 0 saturated carbocycles. The van der Waals surface area contributed by atoms with Crippen molar-refractivity contribution in [3.8, 4) is 11.3 Å². The third kappa shape index (κ3) is 4.30. The minimum Gasteiger partial charge on any atom is -0.289 e. The van der Waals surface area contributed by atoms with Gasteiger partial charge in [0.2, 0.25) is 5.78 Å². The molecule has 0 amide bonds. The average Bonchev–Trinajstić information content (AvgIpc) is 3.03. The molecule has 1 aliphatic rings. The zero-order valence-corrected chi connectivity index (χ0v) is 18.1. The Morgan fingerprint density at radius 1 is 0.971 bits per heavy atom. The van der Waals surface area contributed by atoms with Crippen molar-refractivity contribution < 1.29 is 22.4 Å². The molecule has 0 unspecified atom stereocenters. The topological polar surface area (TPSA) is 46.7 Å². The second-order valence-electron chi connectivity index (χ2n) is 7.88. The van der Waals surface area contributed by atoms with E-state index >= 15 is 0 Å². The molecule has 2 aromatic heterocycles. The zero-order valence-electron chi connectivity index (χ0n) is 18.1. The summed E-state index contributed by atoms with van der Waals surface area (Å²) in [6, 6.07) is 15.0. The summed E-state index contributed by atoms with van der Waals surface area (Å²) < 4.78 is 54.7. The number of hydrogen-bond donors (Lipinski definition) is 0. The first kappa shape index (κ1) is 22.5. The lowest BCUT2D eigenvalue weighted by Crippen LogP contribution is -2.11. The summed E-state index contributed by atoms with van der Waals surface area (Å²) in [5.41, 5.74) is 2.27. The van der Waals surface area contributed by atoms with E-state index < -0.39 is 23.3 Å². The van der Waals surface area contributed by atoms with Gasteiger partial charge in [-0.2, -0.15) is 18.3 Å². The molecule has 4 aromatic rings. The molecule has 0 atom stereocenters. The van der Waals surface area contributed by atoms with Crippen LogP contribution in [0.3, 0.4) is 0 Å². The highest BCUT2D eigenvalue weighted by molar-refractivity contribution is 6.09. The standard InChI is InChI=1S/C27H17F4N3O/c28-21-11-9-18(10-12-21)25-24(17-5-3-14-32-15-13-17)22-7-2-8-23(34(22)33-25)26(35)19-4-1-6-20(16-19)27(29,30)31/h1-13,15-16H,14H2. The quantitative estimate of drug-likeness (QED) is 0.253. The van der Waals surface area contributed by atoms with Gasteiger partial charge >= 0.3 is 6.18 Å². The van der Waals surface area contributed by atoms with Crippen LogP contribution in [0.15, 0.2) is 90.0 Å². The van der Waals surface area contributed by atoms with Crippen LogP contribution in [-0.4, -0.2) is 28.2 Å². The second kappa shape index (κ2) is 8.79. The summed E-state index contributed by atoms with van der Waals surface area (Å²) in [6.45, 7) is 0.504. The lowest BCUT2D eigenvalue weighted by atomic mass is 9.98. The van der Waals surface area contributed by atoms with Crippen molar-refractivity contribution >= 4 is 23.1 Å². The van der Waals surface area contributed by atoms with Crippen LogP contribution >= 0.6 is 0 Å². The van der Waals surface area contributed by atoms with Crippen molar-refractivity contribution in [2.45, 2.75) is 6.18 Å². The first-order valence-corrected chi connectivity index (χ1v) is 10.7. The number of aromatic nitrogens is 2. The number of allylic oxidation sites excluding steroid dienone is 3. The molecule has 0 bridgehead atoms. The number of carbonyl (C=O) groups is 1. The summed E-state index contributed by atoms with van der Waals surface area (Å²) in [7, 11) is 0. The van der Waals surface area contributed by atoms with Crippen LogP contribution in [0.2, 0.25) is 0 Å². The van der Waals surface area contributed by atoms with Crippen molar-refractivity contribution in [1.29, 1.82) is 0 Å². The molecule has 2 aromatic carbocycles. The van der Waals surface area contributed by atoms with E-state index in [1.165, 1.54) is 34.8 Å². The molecule has 3 heterocycles. The molecular weight excluding hydrogens is 458 g/mol. The molecule has 8 heteroatoms. The smallest absolute Gasteiger partial charge is 0.289 e. The molecular formula is C27H17F4N3O. The number of nitrogens with zero attached hydrogens (tertiary/aromatic N) is 3. The molecule has 0 spiro atoms. The van der Waals surface area contributed by atoms with Crippen molar-refractivity contribution in [3.05, 3.63) is 113 Å². The van der Waals surface area contributed by atoms with E-state index in [1.807, 2.05) is 18.2 Å². The lowest BCUT2D eigenvalue weighted by Gasteiger charge is -2.09. The highest BCUT2D eigenvalue weighted by Crippen LogP contribution is 2.34. The van der Waals surface area contributed by atoms with Crippen LogP contribution in [0.5, 0.6) is 0 Å². The molecule has 0 radical (unpaired) electrons. The molecule has 174 valence electrons. The molecule has 0 N–H and O–H groups in total. The molecule has 0 fully saturated rings. The van der Waals surface area contributed by atoms with Crippen LogP contribution in [-0.2, 0) is 6.18 Å². The largest absolute Gasteiger partial charge is 0.416 e.